The van der Waals surface area contributed by atoms with Crippen molar-refractivity contribution in [1.29, 1.82) is 0 Å². The van der Waals surface area contributed by atoms with Crippen molar-refractivity contribution in [3.63, 3.8) is 0 Å². The van der Waals surface area contributed by atoms with Crippen molar-refractivity contribution in [1.82, 2.24) is 0 Å². The van der Waals surface area contributed by atoms with E-state index in [1.54, 1.807) is 0 Å². The van der Waals surface area contributed by atoms with Gasteiger partial charge in [-0.05, 0) is 32.4 Å². The molecule has 0 saturated heterocycles. The SMILES string of the molecule is C=CCC(C)O[Si](C)(C)OCC(C)C. The Kier molecular flexibility index (Phi) is 6.32. The average Bonchev–Trinajstić information content (AvgIpc) is 2.00. The largest absolute Gasteiger partial charge is 0.394 e. The standard InChI is InChI=1S/C11H24O2Si/c1-7-8-11(4)13-14(5,6)12-9-10(2)3/h7,10-11H,1,8-9H2,2-6H3. The van der Waals surface area contributed by atoms with Crippen LogP contribution in [-0.4, -0.2) is 21.3 Å². The molecule has 14 heavy (non-hydrogen) atoms. The number of rotatable bonds is 7. The maximum atomic E-state index is 5.87. The van der Waals surface area contributed by atoms with E-state index in [0.717, 1.165) is 13.0 Å². The summed E-state index contributed by atoms with van der Waals surface area (Å²) in [5.74, 6) is 0.570. The molecule has 0 saturated carbocycles. The van der Waals surface area contributed by atoms with Gasteiger partial charge in [0.15, 0.2) is 0 Å². The van der Waals surface area contributed by atoms with Crippen molar-refractivity contribution in [2.75, 3.05) is 6.61 Å². The van der Waals surface area contributed by atoms with Crippen molar-refractivity contribution < 1.29 is 8.85 Å². The summed E-state index contributed by atoms with van der Waals surface area (Å²) >= 11 is 0. The van der Waals surface area contributed by atoms with Crippen LogP contribution in [0.25, 0.3) is 0 Å². The van der Waals surface area contributed by atoms with Gasteiger partial charge in [-0.2, -0.15) is 0 Å². The van der Waals surface area contributed by atoms with Gasteiger partial charge in [-0.25, -0.2) is 0 Å². The lowest BCUT2D eigenvalue weighted by Gasteiger charge is -2.27. The van der Waals surface area contributed by atoms with Crippen LogP contribution in [0.15, 0.2) is 12.7 Å². The summed E-state index contributed by atoms with van der Waals surface area (Å²) in [5, 5.41) is 0. The Labute approximate surface area is 89.6 Å². The minimum atomic E-state index is -1.91. The summed E-state index contributed by atoms with van der Waals surface area (Å²) in [6.45, 7) is 15.0. The second kappa shape index (κ2) is 6.38. The quantitative estimate of drug-likeness (QED) is 0.480. The minimum Gasteiger partial charge on any atom is -0.394 e. The molecular formula is C11H24O2Si. The van der Waals surface area contributed by atoms with Crippen molar-refractivity contribution in [2.45, 2.75) is 46.4 Å². The molecule has 1 atom stereocenters. The van der Waals surface area contributed by atoms with E-state index >= 15 is 0 Å². The van der Waals surface area contributed by atoms with Crippen molar-refractivity contribution in [2.24, 2.45) is 5.92 Å². The Morgan fingerprint density at radius 1 is 1.29 bits per heavy atom. The lowest BCUT2D eigenvalue weighted by Crippen LogP contribution is -2.39. The smallest absolute Gasteiger partial charge is 0.331 e. The Balaban J connectivity index is 3.86. The summed E-state index contributed by atoms with van der Waals surface area (Å²) < 4.78 is 11.7. The molecule has 0 N–H and O–H groups in total. The average molecular weight is 216 g/mol. The maximum absolute atomic E-state index is 5.87. The van der Waals surface area contributed by atoms with E-state index in [1.807, 2.05) is 6.08 Å². The van der Waals surface area contributed by atoms with Gasteiger partial charge >= 0.3 is 8.56 Å². The van der Waals surface area contributed by atoms with Gasteiger partial charge in [-0.1, -0.05) is 19.9 Å². The molecule has 0 aliphatic rings. The van der Waals surface area contributed by atoms with Crippen molar-refractivity contribution in [3.8, 4) is 0 Å². The first-order valence-electron chi connectivity index (χ1n) is 5.30. The monoisotopic (exact) mass is 216 g/mol. The highest BCUT2D eigenvalue weighted by molar-refractivity contribution is 6.64. The van der Waals surface area contributed by atoms with E-state index in [9.17, 15) is 0 Å². The van der Waals surface area contributed by atoms with Crippen LogP contribution in [0.2, 0.25) is 13.1 Å². The zero-order valence-electron chi connectivity index (χ0n) is 10.2. The van der Waals surface area contributed by atoms with Crippen LogP contribution < -0.4 is 0 Å². The van der Waals surface area contributed by atoms with E-state index < -0.39 is 8.56 Å². The fourth-order valence-electron chi connectivity index (χ4n) is 1.17. The number of hydrogen-bond donors (Lipinski definition) is 0. The first-order valence-corrected chi connectivity index (χ1v) is 8.11. The van der Waals surface area contributed by atoms with Crippen LogP contribution in [0.3, 0.4) is 0 Å². The zero-order valence-corrected chi connectivity index (χ0v) is 11.2. The van der Waals surface area contributed by atoms with Gasteiger partial charge in [0, 0.05) is 12.7 Å². The zero-order chi connectivity index (χ0) is 11.2. The van der Waals surface area contributed by atoms with Crippen LogP contribution in [0.1, 0.15) is 27.2 Å². The van der Waals surface area contributed by atoms with E-state index in [-0.39, 0.29) is 6.10 Å². The Bertz CT molecular complexity index is 167. The van der Waals surface area contributed by atoms with E-state index in [4.69, 9.17) is 8.85 Å². The lowest BCUT2D eigenvalue weighted by molar-refractivity contribution is 0.122. The minimum absolute atomic E-state index is 0.223. The second-order valence-corrected chi connectivity index (χ2v) is 7.88. The molecule has 0 radical (unpaired) electrons. The molecular weight excluding hydrogens is 192 g/mol. The van der Waals surface area contributed by atoms with Gasteiger partial charge in [0.2, 0.25) is 0 Å². The molecule has 0 heterocycles. The first-order chi connectivity index (χ1) is 6.37. The van der Waals surface area contributed by atoms with Gasteiger partial charge < -0.3 is 8.85 Å². The summed E-state index contributed by atoms with van der Waals surface area (Å²) in [6.07, 6.45) is 3.00. The van der Waals surface area contributed by atoms with Gasteiger partial charge in [0.25, 0.3) is 0 Å². The molecule has 0 aliphatic carbocycles. The highest BCUT2D eigenvalue weighted by Crippen LogP contribution is 2.13. The van der Waals surface area contributed by atoms with Crippen LogP contribution in [0, 0.1) is 5.92 Å². The fraction of sp³-hybridized carbons (Fsp3) is 0.818. The molecule has 1 unspecified atom stereocenters. The first kappa shape index (κ1) is 13.9. The third kappa shape index (κ3) is 7.30. The van der Waals surface area contributed by atoms with Crippen molar-refractivity contribution >= 4 is 8.56 Å². The Morgan fingerprint density at radius 3 is 2.29 bits per heavy atom. The molecule has 0 spiro atoms. The topological polar surface area (TPSA) is 18.5 Å². The van der Waals surface area contributed by atoms with Crippen LogP contribution in [0.4, 0.5) is 0 Å². The van der Waals surface area contributed by atoms with Gasteiger partial charge in [-0.15, -0.1) is 6.58 Å². The highest BCUT2D eigenvalue weighted by Gasteiger charge is 2.26. The molecule has 0 bridgehead atoms. The van der Waals surface area contributed by atoms with Gasteiger partial charge in [-0.3, -0.25) is 0 Å². The molecule has 84 valence electrons. The third-order valence-corrected chi connectivity index (χ3v) is 3.58. The normalized spacial score (nSPS) is 14.4. The molecule has 2 nitrogen and oxygen atoms in total. The van der Waals surface area contributed by atoms with E-state index in [1.165, 1.54) is 0 Å². The predicted molar refractivity (Wildman–Crippen MR) is 63.6 cm³/mol. The molecule has 0 fully saturated rings. The van der Waals surface area contributed by atoms with Crippen LogP contribution in [0.5, 0.6) is 0 Å². The molecule has 0 amide bonds. The third-order valence-electron chi connectivity index (χ3n) is 1.75. The maximum Gasteiger partial charge on any atom is 0.331 e. The summed E-state index contributed by atoms with van der Waals surface area (Å²) in [6, 6.07) is 0. The van der Waals surface area contributed by atoms with Crippen LogP contribution in [-0.2, 0) is 8.85 Å². The highest BCUT2D eigenvalue weighted by atomic mass is 28.4. The summed E-state index contributed by atoms with van der Waals surface area (Å²) in [7, 11) is -1.91. The van der Waals surface area contributed by atoms with E-state index in [0.29, 0.717) is 5.92 Å². The van der Waals surface area contributed by atoms with Crippen molar-refractivity contribution in [3.05, 3.63) is 12.7 Å². The molecule has 3 heteroatoms. The summed E-state index contributed by atoms with van der Waals surface area (Å²) in [5.41, 5.74) is 0. The molecule has 0 aliphatic heterocycles. The second-order valence-electron chi connectivity index (χ2n) is 4.56. The molecule has 0 aromatic rings. The molecule has 0 aromatic heterocycles. The number of hydrogen-bond acceptors (Lipinski definition) is 2. The van der Waals surface area contributed by atoms with Crippen LogP contribution >= 0.6 is 0 Å². The van der Waals surface area contributed by atoms with Gasteiger partial charge in [0.05, 0.1) is 0 Å². The molecule has 0 rings (SSSR count). The fourth-order valence-corrected chi connectivity index (χ4v) is 3.04. The van der Waals surface area contributed by atoms with Gasteiger partial charge in [0.1, 0.15) is 0 Å². The Hall–Kier alpha value is -0.123. The predicted octanol–water partition coefficient (Wildman–Crippen LogP) is 3.34. The lowest BCUT2D eigenvalue weighted by atomic mass is 10.2. The summed E-state index contributed by atoms with van der Waals surface area (Å²) in [4.78, 5) is 0. The van der Waals surface area contributed by atoms with E-state index in [2.05, 4.69) is 40.4 Å². The Morgan fingerprint density at radius 2 is 1.86 bits per heavy atom. The molecule has 0 aromatic carbocycles.